The summed E-state index contributed by atoms with van der Waals surface area (Å²) < 4.78 is 6.56. The lowest BCUT2D eigenvalue weighted by atomic mass is 10.3. The molecule has 0 amide bonds. The van der Waals surface area contributed by atoms with Crippen LogP contribution in [0.15, 0.2) is 40.3 Å². The molecule has 0 aliphatic rings. The van der Waals surface area contributed by atoms with Crippen molar-refractivity contribution in [1.29, 1.82) is 0 Å². The topological polar surface area (TPSA) is 22.1 Å². The molecule has 2 rings (SSSR count). The van der Waals surface area contributed by atoms with Gasteiger partial charge in [0.25, 0.3) is 0 Å². The molecule has 0 bridgehead atoms. The number of nitrogens with zero attached hydrogens (tertiary/aromatic N) is 1. The number of hydrogen-bond donors (Lipinski definition) is 0. The van der Waals surface area contributed by atoms with Crippen LogP contribution in [0.5, 0.6) is 0 Å². The second-order valence-corrected chi connectivity index (χ2v) is 5.30. The van der Waals surface area contributed by atoms with Gasteiger partial charge in [-0.25, -0.2) is 0 Å². The summed E-state index contributed by atoms with van der Waals surface area (Å²) in [5, 5.41) is 2.09. The number of rotatable bonds is 5. The van der Waals surface area contributed by atoms with Crippen LogP contribution in [-0.2, 0) is 17.8 Å². The number of aromatic nitrogens is 1. The molecule has 0 radical (unpaired) electrons. The molecule has 0 saturated carbocycles. The Morgan fingerprint density at radius 1 is 1.31 bits per heavy atom. The summed E-state index contributed by atoms with van der Waals surface area (Å²) in [6.07, 6.45) is 2.77. The molecule has 0 aromatic carbocycles. The van der Waals surface area contributed by atoms with E-state index in [2.05, 4.69) is 38.4 Å². The molecule has 0 unspecified atom stereocenters. The monoisotopic (exact) mass is 297 g/mol. The summed E-state index contributed by atoms with van der Waals surface area (Å²) in [6, 6.07) is 8.14. The highest BCUT2D eigenvalue weighted by Gasteiger charge is 1.96. The third kappa shape index (κ3) is 3.70. The first-order valence-electron chi connectivity index (χ1n) is 5.05. The van der Waals surface area contributed by atoms with E-state index in [1.165, 1.54) is 4.88 Å². The molecule has 2 aromatic heterocycles. The summed E-state index contributed by atoms with van der Waals surface area (Å²) in [7, 11) is 0. The number of halogens is 1. The lowest BCUT2D eigenvalue weighted by Gasteiger charge is -2.02. The average molecular weight is 298 g/mol. The van der Waals surface area contributed by atoms with Gasteiger partial charge in [-0.2, -0.15) is 0 Å². The maximum absolute atomic E-state index is 5.56. The minimum absolute atomic E-state index is 0.582. The first-order chi connectivity index (χ1) is 7.84. The fourth-order valence-electron chi connectivity index (χ4n) is 1.30. The largest absolute Gasteiger partial charge is 0.375 e. The van der Waals surface area contributed by atoms with E-state index in [0.717, 1.165) is 23.2 Å². The molecule has 2 heterocycles. The molecular weight excluding hydrogens is 286 g/mol. The average Bonchev–Trinajstić information content (AvgIpc) is 2.80. The quantitative estimate of drug-likeness (QED) is 0.786. The maximum Gasteiger partial charge on any atom is 0.0888 e. The molecular formula is C12H12BrNOS. The van der Waals surface area contributed by atoms with Crippen molar-refractivity contribution >= 4 is 27.3 Å². The van der Waals surface area contributed by atoms with Gasteiger partial charge in [0.2, 0.25) is 0 Å². The zero-order valence-electron chi connectivity index (χ0n) is 8.73. The molecule has 0 spiro atoms. The predicted octanol–water partition coefficient (Wildman–Crippen LogP) is 3.66. The van der Waals surface area contributed by atoms with Crippen LogP contribution in [0.1, 0.15) is 10.6 Å². The second kappa shape index (κ2) is 6.13. The van der Waals surface area contributed by atoms with Gasteiger partial charge in [0.1, 0.15) is 0 Å². The van der Waals surface area contributed by atoms with Gasteiger partial charge in [-0.1, -0.05) is 6.07 Å². The van der Waals surface area contributed by atoms with E-state index in [0.29, 0.717) is 6.61 Å². The standard InChI is InChI=1S/C12H12BrNOS/c13-10-3-4-11(14-8-10)9-15-6-5-12-2-1-7-16-12/h1-4,7-8H,5-6,9H2. The van der Waals surface area contributed by atoms with Crippen LogP contribution in [0, 0.1) is 0 Å². The molecule has 0 atom stereocenters. The van der Waals surface area contributed by atoms with Crippen molar-refractivity contribution in [3.05, 3.63) is 50.9 Å². The highest BCUT2D eigenvalue weighted by Crippen LogP contribution is 2.10. The van der Waals surface area contributed by atoms with Crippen molar-refractivity contribution in [3.63, 3.8) is 0 Å². The van der Waals surface area contributed by atoms with Gasteiger partial charge in [-0.3, -0.25) is 4.98 Å². The van der Waals surface area contributed by atoms with Gasteiger partial charge in [-0.05, 0) is 39.5 Å². The van der Waals surface area contributed by atoms with E-state index >= 15 is 0 Å². The normalized spacial score (nSPS) is 10.6. The van der Waals surface area contributed by atoms with E-state index in [4.69, 9.17) is 4.74 Å². The van der Waals surface area contributed by atoms with Crippen LogP contribution in [0.25, 0.3) is 0 Å². The van der Waals surface area contributed by atoms with E-state index in [9.17, 15) is 0 Å². The zero-order valence-corrected chi connectivity index (χ0v) is 11.1. The third-order valence-corrected chi connectivity index (χ3v) is 3.52. The Hall–Kier alpha value is -0.710. The highest BCUT2D eigenvalue weighted by atomic mass is 79.9. The summed E-state index contributed by atoms with van der Waals surface area (Å²) >= 11 is 5.12. The summed E-state index contributed by atoms with van der Waals surface area (Å²) in [5.74, 6) is 0. The number of ether oxygens (including phenoxy) is 1. The van der Waals surface area contributed by atoms with Gasteiger partial charge < -0.3 is 4.74 Å². The van der Waals surface area contributed by atoms with E-state index in [-0.39, 0.29) is 0 Å². The van der Waals surface area contributed by atoms with Crippen molar-refractivity contribution in [3.8, 4) is 0 Å². The Labute approximate surface area is 107 Å². The third-order valence-electron chi connectivity index (χ3n) is 2.11. The van der Waals surface area contributed by atoms with E-state index < -0.39 is 0 Å². The van der Waals surface area contributed by atoms with Crippen molar-refractivity contribution in [2.24, 2.45) is 0 Å². The minimum Gasteiger partial charge on any atom is -0.375 e. The molecule has 0 aliphatic carbocycles. The van der Waals surface area contributed by atoms with Crippen molar-refractivity contribution < 1.29 is 4.74 Å². The SMILES string of the molecule is Brc1ccc(COCCc2cccs2)nc1. The van der Waals surface area contributed by atoms with E-state index in [1.807, 2.05) is 12.1 Å². The van der Waals surface area contributed by atoms with Crippen molar-refractivity contribution in [1.82, 2.24) is 4.98 Å². The predicted molar refractivity (Wildman–Crippen MR) is 69.6 cm³/mol. The van der Waals surface area contributed by atoms with Crippen LogP contribution >= 0.6 is 27.3 Å². The molecule has 0 saturated heterocycles. The van der Waals surface area contributed by atoms with Gasteiger partial charge in [0, 0.05) is 22.0 Å². The first-order valence-corrected chi connectivity index (χ1v) is 6.72. The van der Waals surface area contributed by atoms with Gasteiger partial charge >= 0.3 is 0 Å². The molecule has 0 aliphatic heterocycles. The van der Waals surface area contributed by atoms with Gasteiger partial charge in [-0.15, -0.1) is 11.3 Å². The molecule has 2 aromatic rings. The van der Waals surface area contributed by atoms with Crippen LogP contribution in [0.4, 0.5) is 0 Å². The Bertz CT molecular complexity index is 413. The molecule has 2 nitrogen and oxygen atoms in total. The maximum atomic E-state index is 5.56. The Morgan fingerprint density at radius 2 is 2.25 bits per heavy atom. The lowest BCUT2D eigenvalue weighted by Crippen LogP contribution is -1.99. The van der Waals surface area contributed by atoms with Crippen LogP contribution in [0.3, 0.4) is 0 Å². The molecule has 0 fully saturated rings. The number of thiophene rings is 1. The highest BCUT2D eigenvalue weighted by molar-refractivity contribution is 9.10. The lowest BCUT2D eigenvalue weighted by molar-refractivity contribution is 0.121. The second-order valence-electron chi connectivity index (χ2n) is 3.35. The first kappa shape index (κ1) is 11.8. The molecule has 4 heteroatoms. The minimum atomic E-state index is 0.582. The summed E-state index contributed by atoms with van der Waals surface area (Å²) in [6.45, 7) is 1.33. The van der Waals surface area contributed by atoms with E-state index in [1.54, 1.807) is 17.5 Å². The van der Waals surface area contributed by atoms with Gasteiger partial charge in [0.15, 0.2) is 0 Å². The fraction of sp³-hybridized carbons (Fsp3) is 0.250. The molecule has 16 heavy (non-hydrogen) atoms. The number of pyridine rings is 1. The molecule has 84 valence electrons. The number of hydrogen-bond acceptors (Lipinski definition) is 3. The van der Waals surface area contributed by atoms with Crippen molar-refractivity contribution in [2.45, 2.75) is 13.0 Å². The Balaban J connectivity index is 1.70. The Morgan fingerprint density at radius 3 is 2.94 bits per heavy atom. The fourth-order valence-corrected chi connectivity index (χ4v) is 2.22. The Kier molecular flexibility index (Phi) is 4.51. The van der Waals surface area contributed by atoms with Crippen molar-refractivity contribution in [2.75, 3.05) is 6.61 Å². The van der Waals surface area contributed by atoms with Crippen LogP contribution in [0.2, 0.25) is 0 Å². The smallest absolute Gasteiger partial charge is 0.0888 e. The van der Waals surface area contributed by atoms with Crippen LogP contribution in [-0.4, -0.2) is 11.6 Å². The summed E-state index contributed by atoms with van der Waals surface area (Å²) in [4.78, 5) is 5.61. The molecule has 0 N–H and O–H groups in total. The zero-order chi connectivity index (χ0) is 11.2. The summed E-state index contributed by atoms with van der Waals surface area (Å²) in [5.41, 5.74) is 0.967. The van der Waals surface area contributed by atoms with Gasteiger partial charge in [0.05, 0.1) is 18.9 Å². The van der Waals surface area contributed by atoms with Crippen LogP contribution < -0.4 is 0 Å².